The van der Waals surface area contributed by atoms with Crippen LogP contribution in [-0.2, 0) is 11.3 Å². The van der Waals surface area contributed by atoms with Crippen LogP contribution in [0.4, 0.5) is 0 Å². The van der Waals surface area contributed by atoms with Gasteiger partial charge in [0.1, 0.15) is 17.5 Å². The normalized spacial score (nSPS) is 11.8. The van der Waals surface area contributed by atoms with Gasteiger partial charge in [-0.05, 0) is 43.6 Å². The molecule has 7 heteroatoms. The number of hydrogen-bond donors (Lipinski definition) is 2. The summed E-state index contributed by atoms with van der Waals surface area (Å²) in [5.41, 5.74) is 1.64. The molecule has 2 amide bonds. The van der Waals surface area contributed by atoms with Crippen molar-refractivity contribution in [3.63, 3.8) is 0 Å². The molecule has 0 saturated carbocycles. The van der Waals surface area contributed by atoms with Gasteiger partial charge in [0.15, 0.2) is 0 Å². The second kappa shape index (κ2) is 12.7. The number of amides is 2. The summed E-state index contributed by atoms with van der Waals surface area (Å²) in [6.07, 6.45) is 0.820. The van der Waals surface area contributed by atoms with Gasteiger partial charge in [-0.1, -0.05) is 44.2 Å². The van der Waals surface area contributed by atoms with Crippen LogP contribution < -0.4 is 20.1 Å². The Morgan fingerprint density at radius 3 is 2.19 bits per heavy atom. The quantitative estimate of drug-likeness (QED) is 0.495. The Morgan fingerprint density at radius 2 is 1.62 bits per heavy atom. The number of carbonyl (C=O) groups is 2. The van der Waals surface area contributed by atoms with E-state index < -0.39 is 6.04 Å². The molecule has 0 heterocycles. The Hall–Kier alpha value is -3.06. The summed E-state index contributed by atoms with van der Waals surface area (Å²) in [4.78, 5) is 27.8. The number of nitrogens with zero attached hydrogens (tertiary/aromatic N) is 1. The van der Waals surface area contributed by atoms with E-state index in [9.17, 15) is 9.59 Å². The smallest absolute Gasteiger partial charge is 0.252 e. The van der Waals surface area contributed by atoms with E-state index in [-0.39, 0.29) is 17.7 Å². The summed E-state index contributed by atoms with van der Waals surface area (Å²) in [7, 11) is 5.12. The molecule has 2 rings (SSSR count). The van der Waals surface area contributed by atoms with E-state index in [0.29, 0.717) is 23.6 Å². The fraction of sp³-hybridized carbons (Fsp3) is 0.440. The van der Waals surface area contributed by atoms with Crippen molar-refractivity contribution in [2.75, 3.05) is 34.4 Å². The number of benzene rings is 2. The second-order valence-corrected chi connectivity index (χ2v) is 8.16. The largest absolute Gasteiger partial charge is 0.497 e. The van der Waals surface area contributed by atoms with Gasteiger partial charge in [0.05, 0.1) is 14.2 Å². The van der Waals surface area contributed by atoms with E-state index in [0.717, 1.165) is 19.5 Å². The average Bonchev–Trinajstić information content (AvgIpc) is 2.79. The van der Waals surface area contributed by atoms with Gasteiger partial charge in [0, 0.05) is 24.7 Å². The third-order valence-corrected chi connectivity index (χ3v) is 5.16. The molecular weight excluding hydrogens is 406 g/mol. The van der Waals surface area contributed by atoms with Crippen LogP contribution in [0, 0.1) is 5.92 Å². The maximum absolute atomic E-state index is 12.8. The SMILES string of the molecule is COc1cc(OC)cc(C(=O)N[C@H](C(=O)NCCCN(C)Cc2ccccc2)C(C)C)c1. The molecule has 2 aromatic carbocycles. The number of hydrogen-bond acceptors (Lipinski definition) is 5. The van der Waals surface area contributed by atoms with Gasteiger partial charge in [0.2, 0.25) is 5.91 Å². The molecule has 0 saturated heterocycles. The van der Waals surface area contributed by atoms with Crippen LogP contribution in [0.25, 0.3) is 0 Å². The molecule has 0 spiro atoms. The first kappa shape index (κ1) is 25.2. The lowest BCUT2D eigenvalue weighted by molar-refractivity contribution is -0.123. The van der Waals surface area contributed by atoms with Crippen LogP contribution in [0.2, 0.25) is 0 Å². The zero-order chi connectivity index (χ0) is 23.5. The van der Waals surface area contributed by atoms with Gasteiger partial charge in [-0.2, -0.15) is 0 Å². The Kier molecular flexibility index (Phi) is 10.0. The van der Waals surface area contributed by atoms with Gasteiger partial charge in [-0.3, -0.25) is 9.59 Å². The number of ether oxygens (including phenoxy) is 2. The highest BCUT2D eigenvalue weighted by Gasteiger charge is 2.25. The highest BCUT2D eigenvalue weighted by molar-refractivity contribution is 5.98. The molecule has 7 nitrogen and oxygen atoms in total. The van der Waals surface area contributed by atoms with Crippen molar-refractivity contribution in [1.29, 1.82) is 0 Å². The molecule has 2 aromatic rings. The van der Waals surface area contributed by atoms with Crippen LogP contribution in [0.5, 0.6) is 11.5 Å². The minimum atomic E-state index is -0.637. The molecule has 0 fully saturated rings. The van der Waals surface area contributed by atoms with E-state index in [1.807, 2.05) is 32.0 Å². The molecule has 0 aromatic heterocycles. The van der Waals surface area contributed by atoms with Crippen LogP contribution >= 0.6 is 0 Å². The van der Waals surface area contributed by atoms with Gasteiger partial charge < -0.3 is 25.0 Å². The fourth-order valence-electron chi connectivity index (χ4n) is 3.34. The fourth-order valence-corrected chi connectivity index (χ4v) is 3.34. The van der Waals surface area contributed by atoms with Crippen molar-refractivity contribution < 1.29 is 19.1 Å². The molecule has 0 aliphatic carbocycles. The summed E-state index contributed by atoms with van der Waals surface area (Å²) in [6.45, 7) is 6.08. The second-order valence-electron chi connectivity index (χ2n) is 8.16. The van der Waals surface area contributed by atoms with E-state index in [4.69, 9.17) is 9.47 Å². The topological polar surface area (TPSA) is 79.9 Å². The molecule has 2 N–H and O–H groups in total. The van der Waals surface area contributed by atoms with E-state index in [1.54, 1.807) is 18.2 Å². The number of carbonyl (C=O) groups excluding carboxylic acids is 2. The number of methoxy groups -OCH3 is 2. The Balaban J connectivity index is 1.86. The van der Waals surface area contributed by atoms with Crippen molar-refractivity contribution >= 4 is 11.8 Å². The standard InChI is InChI=1S/C25H35N3O4/c1-18(2)23(27-24(29)20-14-21(31-4)16-22(15-20)32-5)25(30)26-12-9-13-28(3)17-19-10-7-6-8-11-19/h6-8,10-11,14-16,18,23H,9,12-13,17H2,1-5H3,(H,26,30)(H,27,29)/t23-/m0/s1. The number of nitrogens with one attached hydrogen (secondary N) is 2. The monoisotopic (exact) mass is 441 g/mol. The van der Waals surface area contributed by atoms with Crippen molar-refractivity contribution in [2.24, 2.45) is 5.92 Å². The minimum Gasteiger partial charge on any atom is -0.497 e. The van der Waals surface area contributed by atoms with Gasteiger partial charge in [-0.25, -0.2) is 0 Å². The lowest BCUT2D eigenvalue weighted by Crippen LogP contribution is -2.50. The summed E-state index contributed by atoms with van der Waals surface area (Å²) >= 11 is 0. The lowest BCUT2D eigenvalue weighted by atomic mass is 10.0. The van der Waals surface area contributed by atoms with Crippen molar-refractivity contribution in [3.8, 4) is 11.5 Å². The van der Waals surface area contributed by atoms with Gasteiger partial charge in [0.25, 0.3) is 5.91 Å². The van der Waals surface area contributed by atoms with Crippen LogP contribution in [0.15, 0.2) is 48.5 Å². The summed E-state index contributed by atoms with van der Waals surface area (Å²) in [5.74, 6) is 0.430. The first-order valence-electron chi connectivity index (χ1n) is 10.9. The summed E-state index contributed by atoms with van der Waals surface area (Å²) in [5, 5.41) is 5.80. The molecule has 0 aliphatic heterocycles. The number of rotatable bonds is 12. The highest BCUT2D eigenvalue weighted by atomic mass is 16.5. The van der Waals surface area contributed by atoms with Crippen molar-refractivity contribution in [2.45, 2.75) is 32.9 Å². The molecule has 1 atom stereocenters. The first-order chi connectivity index (χ1) is 15.3. The maximum Gasteiger partial charge on any atom is 0.252 e. The Morgan fingerprint density at radius 1 is 1.00 bits per heavy atom. The highest BCUT2D eigenvalue weighted by Crippen LogP contribution is 2.22. The van der Waals surface area contributed by atoms with Crippen LogP contribution in [-0.4, -0.2) is 57.1 Å². The molecule has 0 bridgehead atoms. The van der Waals surface area contributed by atoms with Gasteiger partial charge in [-0.15, -0.1) is 0 Å². The Bertz CT molecular complexity index is 848. The van der Waals surface area contributed by atoms with Crippen LogP contribution in [0.3, 0.4) is 0 Å². The molecule has 32 heavy (non-hydrogen) atoms. The zero-order valence-corrected chi connectivity index (χ0v) is 19.7. The first-order valence-corrected chi connectivity index (χ1v) is 10.9. The predicted molar refractivity (Wildman–Crippen MR) is 126 cm³/mol. The lowest BCUT2D eigenvalue weighted by Gasteiger charge is -2.22. The van der Waals surface area contributed by atoms with Crippen molar-refractivity contribution in [3.05, 3.63) is 59.7 Å². The van der Waals surface area contributed by atoms with E-state index in [1.165, 1.54) is 19.8 Å². The van der Waals surface area contributed by atoms with Crippen LogP contribution in [0.1, 0.15) is 36.2 Å². The van der Waals surface area contributed by atoms with Gasteiger partial charge >= 0.3 is 0 Å². The zero-order valence-electron chi connectivity index (χ0n) is 19.7. The maximum atomic E-state index is 12.8. The average molecular weight is 442 g/mol. The van der Waals surface area contributed by atoms with E-state index >= 15 is 0 Å². The molecular formula is C25H35N3O4. The third-order valence-electron chi connectivity index (χ3n) is 5.16. The summed E-state index contributed by atoms with van der Waals surface area (Å²) < 4.78 is 10.5. The Labute approximate surface area is 191 Å². The molecule has 0 radical (unpaired) electrons. The summed E-state index contributed by atoms with van der Waals surface area (Å²) in [6, 6.07) is 14.6. The predicted octanol–water partition coefficient (Wildman–Crippen LogP) is 3.10. The van der Waals surface area contributed by atoms with Crippen molar-refractivity contribution in [1.82, 2.24) is 15.5 Å². The minimum absolute atomic E-state index is 0.0628. The van der Waals surface area contributed by atoms with E-state index in [2.05, 4.69) is 34.7 Å². The third kappa shape index (κ3) is 7.89. The molecule has 0 aliphatic rings. The molecule has 174 valence electrons. The molecule has 0 unspecified atom stereocenters.